The van der Waals surface area contributed by atoms with Crippen LogP contribution in [0.4, 0.5) is 0 Å². The first-order chi connectivity index (χ1) is 11.2. The number of ether oxygens (including phenoxy) is 1. The Balaban J connectivity index is 1.66. The zero-order valence-electron chi connectivity index (χ0n) is 12.2. The van der Waals surface area contributed by atoms with E-state index in [9.17, 15) is 0 Å². The number of hydrogen-bond acceptors (Lipinski definition) is 4. The monoisotopic (exact) mass is 416 g/mol. The van der Waals surface area contributed by atoms with Crippen molar-refractivity contribution in [1.29, 1.82) is 5.26 Å². The Labute approximate surface area is 146 Å². The quantitative estimate of drug-likeness (QED) is 0.644. The van der Waals surface area contributed by atoms with Crippen molar-refractivity contribution in [2.75, 3.05) is 0 Å². The number of nitrogens with zero attached hydrogens (tertiary/aromatic N) is 3. The van der Waals surface area contributed by atoms with Gasteiger partial charge in [-0.25, -0.2) is 4.98 Å². The summed E-state index contributed by atoms with van der Waals surface area (Å²) >= 11 is 2.23. The molecule has 1 atom stereocenters. The van der Waals surface area contributed by atoms with E-state index in [2.05, 4.69) is 43.8 Å². The van der Waals surface area contributed by atoms with Crippen LogP contribution in [0.3, 0.4) is 0 Å². The molecule has 23 heavy (non-hydrogen) atoms. The number of pyridine rings is 1. The van der Waals surface area contributed by atoms with Crippen LogP contribution in [-0.2, 0) is 6.42 Å². The second kappa shape index (κ2) is 5.81. The van der Waals surface area contributed by atoms with Gasteiger partial charge in [-0.05, 0) is 66.1 Å². The van der Waals surface area contributed by atoms with Gasteiger partial charge in [0.1, 0.15) is 27.3 Å². The lowest BCUT2D eigenvalue weighted by atomic mass is 9.93. The van der Waals surface area contributed by atoms with Crippen LogP contribution in [0.2, 0.25) is 0 Å². The number of aromatic amines is 1. The molecule has 0 saturated heterocycles. The van der Waals surface area contributed by atoms with Crippen molar-refractivity contribution in [3.8, 4) is 11.8 Å². The van der Waals surface area contributed by atoms with Crippen LogP contribution in [0.5, 0.6) is 5.75 Å². The molecule has 1 N–H and O–H groups in total. The number of benzene rings is 1. The zero-order valence-corrected chi connectivity index (χ0v) is 14.4. The third-order valence-corrected chi connectivity index (χ3v) is 4.93. The van der Waals surface area contributed by atoms with Crippen LogP contribution in [0.25, 0.3) is 10.9 Å². The van der Waals surface area contributed by atoms with Crippen LogP contribution in [0.15, 0.2) is 30.3 Å². The Morgan fingerprint density at radius 2 is 2.22 bits per heavy atom. The molecule has 2 heterocycles. The summed E-state index contributed by atoms with van der Waals surface area (Å²) in [5.74, 6) is 0.832. The first-order valence-corrected chi connectivity index (χ1v) is 8.52. The molecule has 0 saturated carbocycles. The first-order valence-electron chi connectivity index (χ1n) is 7.45. The number of hydrogen-bond donors (Lipinski definition) is 1. The van der Waals surface area contributed by atoms with Crippen molar-refractivity contribution in [2.24, 2.45) is 0 Å². The Morgan fingerprint density at radius 3 is 3.09 bits per heavy atom. The smallest absolute Gasteiger partial charge is 0.140 e. The molecule has 1 aromatic carbocycles. The number of nitriles is 1. The van der Waals surface area contributed by atoms with Gasteiger partial charge in [0.25, 0.3) is 0 Å². The van der Waals surface area contributed by atoms with Crippen molar-refractivity contribution < 1.29 is 4.74 Å². The number of fused-ring (bicyclic) bond motifs is 2. The van der Waals surface area contributed by atoms with E-state index in [1.807, 2.05) is 24.3 Å². The van der Waals surface area contributed by atoms with Gasteiger partial charge in [0.15, 0.2) is 0 Å². The van der Waals surface area contributed by atoms with Gasteiger partial charge in [-0.15, -0.1) is 0 Å². The number of aromatic nitrogens is 3. The lowest BCUT2D eigenvalue weighted by Gasteiger charge is -2.25. The fraction of sp³-hybridized carbons (Fsp3) is 0.235. The third-order valence-electron chi connectivity index (χ3n) is 4.11. The van der Waals surface area contributed by atoms with Gasteiger partial charge >= 0.3 is 0 Å². The summed E-state index contributed by atoms with van der Waals surface area (Å²) in [5.41, 5.74) is 3.49. The highest BCUT2D eigenvalue weighted by Gasteiger charge is 2.23. The second-order valence-electron chi connectivity index (χ2n) is 5.56. The number of H-pyrrole nitrogens is 1. The third kappa shape index (κ3) is 2.65. The molecule has 1 aliphatic carbocycles. The van der Waals surface area contributed by atoms with Gasteiger partial charge in [-0.2, -0.15) is 10.4 Å². The predicted molar refractivity (Wildman–Crippen MR) is 94.1 cm³/mol. The van der Waals surface area contributed by atoms with Crippen LogP contribution in [0, 0.1) is 15.0 Å². The maximum atomic E-state index is 8.99. The maximum absolute atomic E-state index is 8.99. The van der Waals surface area contributed by atoms with E-state index < -0.39 is 0 Å². The topological polar surface area (TPSA) is 74.6 Å². The molecular weight excluding hydrogens is 403 g/mol. The van der Waals surface area contributed by atoms with E-state index in [-0.39, 0.29) is 6.10 Å². The van der Waals surface area contributed by atoms with E-state index in [1.54, 1.807) is 6.07 Å². The number of halogens is 1. The molecule has 1 aliphatic rings. The molecule has 5 nitrogen and oxygen atoms in total. The zero-order chi connectivity index (χ0) is 15.8. The Morgan fingerprint density at radius 1 is 1.30 bits per heavy atom. The number of aryl methyl sites for hydroxylation is 1. The molecule has 4 rings (SSSR count). The lowest BCUT2D eigenvalue weighted by molar-refractivity contribution is 0.182. The molecule has 0 aliphatic heterocycles. The van der Waals surface area contributed by atoms with Crippen molar-refractivity contribution in [2.45, 2.75) is 25.4 Å². The van der Waals surface area contributed by atoms with Crippen molar-refractivity contribution in [1.82, 2.24) is 15.2 Å². The maximum Gasteiger partial charge on any atom is 0.140 e. The molecule has 0 fully saturated rings. The average molecular weight is 416 g/mol. The molecule has 2 aromatic heterocycles. The van der Waals surface area contributed by atoms with Gasteiger partial charge in [0, 0.05) is 16.6 Å². The minimum atomic E-state index is -0.0130. The van der Waals surface area contributed by atoms with Crippen molar-refractivity contribution >= 4 is 33.5 Å². The highest BCUT2D eigenvalue weighted by molar-refractivity contribution is 14.1. The standard InChI is InChI=1S/C17H13IN4O/c18-17-13-8-11(5-7-15(13)21-22-17)23-16-3-1-2-14-12(16)6-4-10(9-19)20-14/h4-8,16H,1-3H2,(H,21,22). The van der Waals surface area contributed by atoms with Gasteiger partial charge in [-0.3, -0.25) is 5.10 Å². The summed E-state index contributed by atoms with van der Waals surface area (Å²) in [7, 11) is 0. The molecule has 114 valence electrons. The fourth-order valence-corrected chi connectivity index (χ4v) is 3.55. The summed E-state index contributed by atoms with van der Waals surface area (Å²) < 4.78 is 7.23. The Kier molecular flexibility index (Phi) is 3.65. The molecule has 6 heteroatoms. The minimum Gasteiger partial charge on any atom is -0.486 e. The minimum absolute atomic E-state index is 0.0130. The molecule has 0 spiro atoms. The SMILES string of the molecule is N#Cc1ccc2c(n1)CCCC2Oc1ccc2n[nH]c(I)c2c1. The molecule has 0 amide bonds. The Bertz CT molecular complexity index is 928. The molecule has 1 unspecified atom stereocenters. The highest BCUT2D eigenvalue weighted by atomic mass is 127. The molecular formula is C17H13IN4O. The highest BCUT2D eigenvalue weighted by Crippen LogP contribution is 2.34. The largest absolute Gasteiger partial charge is 0.486 e. The number of rotatable bonds is 2. The van der Waals surface area contributed by atoms with Crippen LogP contribution in [0.1, 0.15) is 35.9 Å². The van der Waals surface area contributed by atoms with Crippen molar-refractivity contribution in [3.05, 3.63) is 51.0 Å². The predicted octanol–water partition coefficient (Wildman–Crippen LogP) is 3.89. The lowest BCUT2D eigenvalue weighted by Crippen LogP contribution is -2.17. The second-order valence-corrected chi connectivity index (χ2v) is 6.64. The van der Waals surface area contributed by atoms with Gasteiger partial charge < -0.3 is 4.74 Å². The summed E-state index contributed by atoms with van der Waals surface area (Å²) in [6.45, 7) is 0. The van der Waals surface area contributed by atoms with Crippen LogP contribution < -0.4 is 4.74 Å². The van der Waals surface area contributed by atoms with E-state index in [1.165, 1.54) is 0 Å². The summed E-state index contributed by atoms with van der Waals surface area (Å²) in [6.07, 6.45) is 2.87. The summed E-state index contributed by atoms with van der Waals surface area (Å²) in [6, 6.07) is 11.8. The van der Waals surface area contributed by atoms with Gasteiger partial charge in [-0.1, -0.05) is 6.07 Å². The van der Waals surface area contributed by atoms with E-state index >= 15 is 0 Å². The van der Waals surface area contributed by atoms with Gasteiger partial charge in [0.2, 0.25) is 0 Å². The van der Waals surface area contributed by atoms with E-state index in [0.29, 0.717) is 5.69 Å². The molecule has 0 bridgehead atoms. The van der Waals surface area contributed by atoms with Gasteiger partial charge in [0.05, 0.1) is 5.52 Å². The van der Waals surface area contributed by atoms with Crippen LogP contribution >= 0.6 is 22.6 Å². The Hall–Kier alpha value is -2.14. The summed E-state index contributed by atoms with van der Waals surface area (Å²) in [5, 5.41) is 17.3. The normalized spacial score (nSPS) is 16.8. The first kappa shape index (κ1) is 14.5. The molecule has 0 radical (unpaired) electrons. The van der Waals surface area contributed by atoms with Crippen molar-refractivity contribution in [3.63, 3.8) is 0 Å². The fourth-order valence-electron chi connectivity index (χ4n) is 3.00. The van der Waals surface area contributed by atoms with E-state index in [0.717, 1.165) is 50.9 Å². The molecule has 3 aromatic rings. The summed E-state index contributed by atoms with van der Waals surface area (Å²) in [4.78, 5) is 4.42. The number of nitrogens with one attached hydrogen (secondary N) is 1. The van der Waals surface area contributed by atoms with Crippen LogP contribution in [-0.4, -0.2) is 15.2 Å². The average Bonchev–Trinajstić information content (AvgIpc) is 2.95. The van der Waals surface area contributed by atoms with E-state index in [4.69, 9.17) is 10.00 Å².